The van der Waals surface area contributed by atoms with Crippen molar-refractivity contribution in [2.24, 2.45) is 5.92 Å². The molecule has 0 aromatic heterocycles. The Bertz CT molecular complexity index is 666. The normalized spacial score (nSPS) is 20.9. The zero-order valence-electron chi connectivity index (χ0n) is 15.1. The van der Waals surface area contributed by atoms with Crippen LogP contribution in [0.25, 0.3) is 0 Å². The molecular formula is C20H26F2N2O2. The van der Waals surface area contributed by atoms with Gasteiger partial charge in [-0.3, -0.25) is 14.5 Å². The number of nitrogens with zero attached hydrogens (tertiary/aromatic N) is 1. The molecule has 1 aliphatic heterocycles. The smallest absolute Gasteiger partial charge is 0.237 e. The topological polar surface area (TPSA) is 49.4 Å². The Kier molecular flexibility index (Phi) is 6.01. The van der Waals surface area contributed by atoms with Crippen molar-refractivity contribution in [2.45, 2.75) is 57.5 Å². The zero-order valence-corrected chi connectivity index (χ0v) is 15.1. The van der Waals surface area contributed by atoms with E-state index in [4.69, 9.17) is 0 Å². The Balaban J connectivity index is 1.54. The summed E-state index contributed by atoms with van der Waals surface area (Å²) in [5.74, 6) is -1.91. The van der Waals surface area contributed by atoms with Gasteiger partial charge in [-0.05, 0) is 63.9 Å². The van der Waals surface area contributed by atoms with Crippen molar-refractivity contribution in [2.75, 3.05) is 13.1 Å². The molecule has 2 aliphatic rings. The number of carbonyl (C=O) groups excluding carboxylic acids is 2. The summed E-state index contributed by atoms with van der Waals surface area (Å²) in [6.45, 7) is 3.10. The van der Waals surface area contributed by atoms with Gasteiger partial charge in [0.25, 0.3) is 0 Å². The standard InChI is InChI=1S/C20H26F2N2O2/c1-13(20(26)23-16-4-2-3-5-16)24-10-8-14(9-11-24)19(25)17-12-15(21)6-7-18(17)22/h6-7,12-14,16H,2-5,8-11H2,1H3,(H,23,26)/t13-/m1/s1. The summed E-state index contributed by atoms with van der Waals surface area (Å²) in [4.78, 5) is 27.0. The van der Waals surface area contributed by atoms with Crippen LogP contribution in [0.5, 0.6) is 0 Å². The first-order chi connectivity index (χ1) is 12.5. The number of hydrogen-bond donors (Lipinski definition) is 1. The maximum Gasteiger partial charge on any atom is 0.237 e. The highest BCUT2D eigenvalue weighted by Crippen LogP contribution is 2.25. The molecule has 142 valence electrons. The van der Waals surface area contributed by atoms with E-state index in [1.807, 2.05) is 6.92 Å². The van der Waals surface area contributed by atoms with E-state index in [2.05, 4.69) is 10.2 Å². The van der Waals surface area contributed by atoms with Gasteiger partial charge in [-0.15, -0.1) is 0 Å². The summed E-state index contributed by atoms with van der Waals surface area (Å²) in [5, 5.41) is 3.11. The number of ketones is 1. The highest BCUT2D eigenvalue weighted by Gasteiger charge is 2.32. The summed E-state index contributed by atoms with van der Waals surface area (Å²) in [5.41, 5.74) is -0.171. The van der Waals surface area contributed by atoms with E-state index in [0.29, 0.717) is 32.0 Å². The average Bonchev–Trinajstić information content (AvgIpc) is 3.15. The van der Waals surface area contributed by atoms with Gasteiger partial charge >= 0.3 is 0 Å². The van der Waals surface area contributed by atoms with Gasteiger partial charge in [-0.1, -0.05) is 12.8 Å². The van der Waals surface area contributed by atoms with E-state index >= 15 is 0 Å². The van der Waals surface area contributed by atoms with Crippen LogP contribution in [-0.2, 0) is 4.79 Å². The van der Waals surface area contributed by atoms with Gasteiger partial charge in [0.15, 0.2) is 5.78 Å². The molecule has 4 nitrogen and oxygen atoms in total. The fourth-order valence-electron chi connectivity index (χ4n) is 4.01. The number of benzene rings is 1. The molecule has 1 saturated carbocycles. The summed E-state index contributed by atoms with van der Waals surface area (Å²) < 4.78 is 27.2. The first-order valence-corrected chi connectivity index (χ1v) is 9.49. The maximum absolute atomic E-state index is 13.8. The van der Waals surface area contributed by atoms with Crippen molar-refractivity contribution >= 4 is 11.7 Å². The molecule has 0 bridgehead atoms. The minimum atomic E-state index is -0.678. The van der Waals surface area contributed by atoms with Crippen LogP contribution in [0.15, 0.2) is 18.2 Å². The Morgan fingerprint density at radius 3 is 2.42 bits per heavy atom. The number of rotatable bonds is 5. The number of likely N-dealkylation sites (tertiary alicyclic amines) is 1. The van der Waals surface area contributed by atoms with Gasteiger partial charge in [-0.2, -0.15) is 0 Å². The first-order valence-electron chi connectivity index (χ1n) is 9.49. The molecule has 1 aromatic carbocycles. The molecule has 1 aliphatic carbocycles. The van der Waals surface area contributed by atoms with Gasteiger partial charge in [0.2, 0.25) is 5.91 Å². The molecule has 1 aromatic rings. The molecule has 1 amide bonds. The minimum Gasteiger partial charge on any atom is -0.352 e. The number of halogens is 2. The van der Waals surface area contributed by atoms with Crippen LogP contribution in [0.3, 0.4) is 0 Å². The van der Waals surface area contributed by atoms with E-state index in [1.54, 1.807) is 0 Å². The summed E-state index contributed by atoms with van der Waals surface area (Å²) >= 11 is 0. The molecule has 0 unspecified atom stereocenters. The molecule has 2 fully saturated rings. The van der Waals surface area contributed by atoms with E-state index in [9.17, 15) is 18.4 Å². The Labute approximate surface area is 152 Å². The van der Waals surface area contributed by atoms with Crippen molar-refractivity contribution in [3.8, 4) is 0 Å². The van der Waals surface area contributed by atoms with Crippen LogP contribution in [0, 0.1) is 17.6 Å². The number of carbonyl (C=O) groups is 2. The lowest BCUT2D eigenvalue weighted by Crippen LogP contribution is -2.50. The Hall–Kier alpha value is -1.82. The average molecular weight is 364 g/mol. The Morgan fingerprint density at radius 2 is 1.77 bits per heavy atom. The van der Waals surface area contributed by atoms with Crippen LogP contribution < -0.4 is 5.32 Å². The predicted molar refractivity (Wildman–Crippen MR) is 94.8 cm³/mol. The minimum absolute atomic E-state index is 0.0397. The molecule has 1 heterocycles. The quantitative estimate of drug-likeness (QED) is 0.816. The number of amides is 1. The van der Waals surface area contributed by atoms with Crippen LogP contribution in [0.2, 0.25) is 0 Å². The van der Waals surface area contributed by atoms with Crippen molar-refractivity contribution in [3.63, 3.8) is 0 Å². The van der Waals surface area contributed by atoms with E-state index < -0.39 is 11.6 Å². The molecule has 1 saturated heterocycles. The second-order valence-electron chi connectivity index (χ2n) is 7.46. The number of hydrogen-bond acceptors (Lipinski definition) is 3. The van der Waals surface area contributed by atoms with E-state index in [0.717, 1.165) is 31.0 Å². The van der Waals surface area contributed by atoms with Crippen LogP contribution >= 0.6 is 0 Å². The SMILES string of the molecule is C[C@H](C(=O)NC1CCCC1)N1CCC(C(=O)c2cc(F)ccc2F)CC1. The number of nitrogens with one attached hydrogen (secondary N) is 1. The fourth-order valence-corrected chi connectivity index (χ4v) is 4.01. The number of Topliss-reactive ketones (excluding diaryl/α,β-unsaturated/α-hetero) is 1. The molecular weight excluding hydrogens is 338 g/mol. The van der Waals surface area contributed by atoms with Crippen molar-refractivity contribution in [1.82, 2.24) is 10.2 Å². The van der Waals surface area contributed by atoms with Gasteiger partial charge < -0.3 is 5.32 Å². The molecule has 1 N–H and O–H groups in total. The molecule has 1 atom stereocenters. The van der Waals surface area contributed by atoms with Crippen LogP contribution in [0.1, 0.15) is 55.8 Å². The van der Waals surface area contributed by atoms with Crippen LogP contribution in [0.4, 0.5) is 8.78 Å². The lowest BCUT2D eigenvalue weighted by molar-refractivity contribution is -0.127. The third kappa shape index (κ3) is 4.29. The van der Waals surface area contributed by atoms with Gasteiger partial charge in [-0.25, -0.2) is 8.78 Å². The summed E-state index contributed by atoms with van der Waals surface area (Å²) in [7, 11) is 0. The van der Waals surface area contributed by atoms with Gasteiger partial charge in [0.1, 0.15) is 11.6 Å². The highest BCUT2D eigenvalue weighted by atomic mass is 19.1. The molecule has 0 spiro atoms. The predicted octanol–water partition coefficient (Wildman–Crippen LogP) is 3.31. The van der Waals surface area contributed by atoms with Crippen molar-refractivity contribution in [3.05, 3.63) is 35.4 Å². The maximum atomic E-state index is 13.8. The second-order valence-corrected chi connectivity index (χ2v) is 7.46. The van der Waals surface area contributed by atoms with Crippen molar-refractivity contribution < 1.29 is 18.4 Å². The molecule has 6 heteroatoms. The highest BCUT2D eigenvalue weighted by molar-refractivity contribution is 5.98. The fraction of sp³-hybridized carbons (Fsp3) is 0.600. The van der Waals surface area contributed by atoms with E-state index in [1.165, 1.54) is 12.8 Å². The summed E-state index contributed by atoms with van der Waals surface area (Å²) in [6, 6.07) is 3.03. The molecule has 26 heavy (non-hydrogen) atoms. The Morgan fingerprint density at radius 1 is 1.12 bits per heavy atom. The van der Waals surface area contributed by atoms with Crippen LogP contribution in [-0.4, -0.2) is 41.8 Å². The third-order valence-electron chi connectivity index (χ3n) is 5.72. The summed E-state index contributed by atoms with van der Waals surface area (Å²) in [6.07, 6.45) is 5.54. The largest absolute Gasteiger partial charge is 0.352 e. The van der Waals surface area contributed by atoms with Gasteiger partial charge in [0, 0.05) is 12.0 Å². The lowest BCUT2D eigenvalue weighted by atomic mass is 9.88. The van der Waals surface area contributed by atoms with Crippen molar-refractivity contribution in [1.29, 1.82) is 0 Å². The van der Waals surface area contributed by atoms with E-state index in [-0.39, 0.29) is 29.2 Å². The first kappa shape index (κ1) is 19.0. The number of piperidine rings is 1. The zero-order chi connectivity index (χ0) is 18.7. The third-order valence-corrected chi connectivity index (χ3v) is 5.72. The molecule has 0 radical (unpaired) electrons. The monoisotopic (exact) mass is 364 g/mol. The van der Waals surface area contributed by atoms with Gasteiger partial charge in [0.05, 0.1) is 11.6 Å². The lowest BCUT2D eigenvalue weighted by Gasteiger charge is -2.35. The second kappa shape index (κ2) is 8.25. The molecule has 3 rings (SSSR count).